The zero-order chi connectivity index (χ0) is 12.8. The minimum absolute atomic E-state index is 0.819. The van der Waals surface area contributed by atoms with Crippen LogP contribution in [0.1, 0.15) is 18.1 Å². The molecule has 0 atom stereocenters. The van der Waals surface area contributed by atoms with E-state index in [0.29, 0.717) is 0 Å². The Bertz CT molecular complexity index is 565. The fourth-order valence-electron chi connectivity index (χ4n) is 1.81. The minimum atomic E-state index is 0.819. The van der Waals surface area contributed by atoms with Gasteiger partial charge in [0.25, 0.3) is 0 Å². The summed E-state index contributed by atoms with van der Waals surface area (Å²) in [5.41, 5.74) is 10.2. The van der Waals surface area contributed by atoms with Crippen molar-refractivity contribution in [1.82, 2.24) is 0 Å². The highest BCUT2D eigenvalue weighted by molar-refractivity contribution is 5.75. The van der Waals surface area contributed by atoms with Crippen molar-refractivity contribution in [3.63, 3.8) is 0 Å². The van der Waals surface area contributed by atoms with Gasteiger partial charge in [-0.1, -0.05) is 66.8 Å². The van der Waals surface area contributed by atoms with Gasteiger partial charge in [0, 0.05) is 11.3 Å². The van der Waals surface area contributed by atoms with E-state index in [-0.39, 0.29) is 0 Å². The standard InChI is InChI=1S/C17H17N/c1-14(16-12-5-6-13-17(16)18)8-7-11-15-9-3-2-4-10-15/h2-13H,18H2,1H3/b11-7+,14-8-. The van der Waals surface area contributed by atoms with Gasteiger partial charge in [-0.3, -0.25) is 0 Å². The van der Waals surface area contributed by atoms with E-state index in [9.17, 15) is 0 Å². The highest BCUT2D eigenvalue weighted by Crippen LogP contribution is 2.20. The van der Waals surface area contributed by atoms with Crippen molar-refractivity contribution < 1.29 is 0 Å². The monoisotopic (exact) mass is 235 g/mol. The third-order valence-electron chi connectivity index (χ3n) is 2.82. The van der Waals surface area contributed by atoms with Crippen molar-refractivity contribution in [2.75, 3.05) is 5.73 Å². The fourth-order valence-corrected chi connectivity index (χ4v) is 1.81. The normalized spacial score (nSPS) is 11.9. The van der Waals surface area contributed by atoms with Gasteiger partial charge < -0.3 is 5.73 Å². The molecule has 1 heteroatoms. The van der Waals surface area contributed by atoms with E-state index in [4.69, 9.17) is 5.73 Å². The largest absolute Gasteiger partial charge is 0.398 e. The lowest BCUT2D eigenvalue weighted by Gasteiger charge is -2.04. The summed E-state index contributed by atoms with van der Waals surface area (Å²) in [4.78, 5) is 0. The molecule has 0 unspecified atom stereocenters. The van der Waals surface area contributed by atoms with Crippen LogP contribution in [0.4, 0.5) is 5.69 Å². The Labute approximate surface area is 108 Å². The van der Waals surface area contributed by atoms with E-state index < -0.39 is 0 Å². The molecule has 2 N–H and O–H groups in total. The highest BCUT2D eigenvalue weighted by atomic mass is 14.6. The second-order valence-electron chi connectivity index (χ2n) is 4.21. The molecule has 90 valence electrons. The van der Waals surface area contributed by atoms with Gasteiger partial charge in [0.1, 0.15) is 0 Å². The summed E-state index contributed by atoms with van der Waals surface area (Å²) in [7, 11) is 0. The highest BCUT2D eigenvalue weighted by Gasteiger charge is 1.97. The van der Waals surface area contributed by atoms with Gasteiger partial charge >= 0.3 is 0 Å². The van der Waals surface area contributed by atoms with Crippen molar-refractivity contribution in [2.45, 2.75) is 6.92 Å². The summed E-state index contributed by atoms with van der Waals surface area (Å²) >= 11 is 0. The van der Waals surface area contributed by atoms with Crippen LogP contribution in [0.15, 0.2) is 66.7 Å². The van der Waals surface area contributed by atoms with Crippen molar-refractivity contribution >= 4 is 17.3 Å². The smallest absolute Gasteiger partial charge is 0.0390 e. The number of nitrogen functional groups attached to an aromatic ring is 1. The van der Waals surface area contributed by atoms with Crippen LogP contribution in [0.25, 0.3) is 11.6 Å². The van der Waals surface area contributed by atoms with Crippen LogP contribution in [0.2, 0.25) is 0 Å². The average molecular weight is 235 g/mol. The zero-order valence-corrected chi connectivity index (χ0v) is 10.5. The topological polar surface area (TPSA) is 26.0 Å². The molecule has 0 bridgehead atoms. The van der Waals surface area contributed by atoms with E-state index in [0.717, 1.165) is 11.3 Å². The number of nitrogens with two attached hydrogens (primary N) is 1. The van der Waals surface area contributed by atoms with Crippen LogP contribution in [-0.2, 0) is 0 Å². The summed E-state index contributed by atoms with van der Waals surface area (Å²) in [6.45, 7) is 2.07. The Morgan fingerprint density at radius 3 is 2.33 bits per heavy atom. The molecule has 0 aliphatic carbocycles. The molecule has 0 aliphatic heterocycles. The predicted octanol–water partition coefficient (Wildman–Crippen LogP) is 4.39. The molecule has 0 amide bonds. The number of benzene rings is 2. The maximum absolute atomic E-state index is 5.94. The first-order valence-electron chi connectivity index (χ1n) is 6.02. The van der Waals surface area contributed by atoms with Crippen molar-refractivity contribution in [1.29, 1.82) is 0 Å². The molecule has 1 nitrogen and oxygen atoms in total. The van der Waals surface area contributed by atoms with Crippen molar-refractivity contribution in [3.05, 3.63) is 77.9 Å². The second kappa shape index (κ2) is 5.87. The van der Waals surface area contributed by atoms with Crippen molar-refractivity contribution in [2.24, 2.45) is 0 Å². The first-order chi connectivity index (χ1) is 8.77. The summed E-state index contributed by atoms with van der Waals surface area (Å²) < 4.78 is 0. The Balaban J connectivity index is 2.15. The number of allylic oxidation sites excluding steroid dienone is 3. The maximum atomic E-state index is 5.94. The predicted molar refractivity (Wildman–Crippen MR) is 80.0 cm³/mol. The van der Waals surface area contributed by atoms with Gasteiger partial charge in [-0.15, -0.1) is 0 Å². The molecule has 18 heavy (non-hydrogen) atoms. The van der Waals surface area contributed by atoms with Crippen LogP contribution >= 0.6 is 0 Å². The third-order valence-corrected chi connectivity index (χ3v) is 2.82. The summed E-state index contributed by atoms with van der Waals surface area (Å²) in [6, 6.07) is 18.2. The molecule has 0 heterocycles. The van der Waals surface area contributed by atoms with Gasteiger partial charge in [-0.25, -0.2) is 0 Å². The molecular weight excluding hydrogens is 218 g/mol. The number of para-hydroxylation sites is 1. The van der Waals surface area contributed by atoms with Crippen LogP contribution in [0, 0.1) is 0 Å². The minimum Gasteiger partial charge on any atom is -0.398 e. The molecule has 2 rings (SSSR count). The lowest BCUT2D eigenvalue weighted by atomic mass is 10.0. The number of rotatable bonds is 3. The van der Waals surface area contributed by atoms with E-state index in [2.05, 4.69) is 37.3 Å². The van der Waals surface area contributed by atoms with E-state index in [1.165, 1.54) is 11.1 Å². The Morgan fingerprint density at radius 2 is 1.61 bits per heavy atom. The van der Waals surface area contributed by atoms with E-state index >= 15 is 0 Å². The average Bonchev–Trinajstić information content (AvgIpc) is 2.40. The number of anilines is 1. The van der Waals surface area contributed by atoms with Crippen LogP contribution in [0.3, 0.4) is 0 Å². The first-order valence-corrected chi connectivity index (χ1v) is 6.02. The van der Waals surface area contributed by atoms with Crippen LogP contribution in [-0.4, -0.2) is 0 Å². The summed E-state index contributed by atoms with van der Waals surface area (Å²) in [5.74, 6) is 0. The molecule has 0 radical (unpaired) electrons. The lowest BCUT2D eigenvalue weighted by molar-refractivity contribution is 1.56. The fraction of sp³-hybridized carbons (Fsp3) is 0.0588. The van der Waals surface area contributed by atoms with Gasteiger partial charge in [0.05, 0.1) is 0 Å². The summed E-state index contributed by atoms with van der Waals surface area (Å²) in [5, 5.41) is 0. The molecule has 0 spiro atoms. The second-order valence-corrected chi connectivity index (χ2v) is 4.21. The molecule has 2 aromatic rings. The third kappa shape index (κ3) is 3.11. The molecule has 0 saturated heterocycles. The molecule has 0 saturated carbocycles. The molecular formula is C17H17N. The molecule has 0 aliphatic rings. The van der Waals surface area contributed by atoms with Crippen LogP contribution in [0.5, 0.6) is 0 Å². The molecule has 0 aromatic heterocycles. The van der Waals surface area contributed by atoms with Gasteiger partial charge in [0.15, 0.2) is 0 Å². The zero-order valence-electron chi connectivity index (χ0n) is 10.5. The maximum Gasteiger partial charge on any atom is 0.0390 e. The Morgan fingerprint density at radius 1 is 0.944 bits per heavy atom. The van der Waals surface area contributed by atoms with E-state index in [1.807, 2.05) is 42.5 Å². The Hall–Kier alpha value is -2.28. The lowest BCUT2D eigenvalue weighted by Crippen LogP contribution is -1.90. The Kier molecular flexibility index (Phi) is 3.98. The molecule has 2 aromatic carbocycles. The van der Waals surface area contributed by atoms with Gasteiger partial charge in [-0.05, 0) is 24.1 Å². The van der Waals surface area contributed by atoms with Gasteiger partial charge in [0.2, 0.25) is 0 Å². The van der Waals surface area contributed by atoms with Gasteiger partial charge in [-0.2, -0.15) is 0 Å². The summed E-state index contributed by atoms with van der Waals surface area (Å²) in [6.07, 6.45) is 6.22. The number of hydrogen-bond donors (Lipinski definition) is 1. The van der Waals surface area contributed by atoms with Crippen molar-refractivity contribution in [3.8, 4) is 0 Å². The SMILES string of the molecule is C/C(=C/C=C/c1ccccc1)c1ccccc1N. The first kappa shape index (κ1) is 12.2. The van der Waals surface area contributed by atoms with E-state index in [1.54, 1.807) is 0 Å². The molecule has 0 fully saturated rings. The number of hydrogen-bond acceptors (Lipinski definition) is 1. The van der Waals surface area contributed by atoms with Crippen LogP contribution < -0.4 is 5.73 Å². The quantitative estimate of drug-likeness (QED) is 0.620.